The van der Waals surface area contributed by atoms with E-state index in [0.717, 1.165) is 0 Å². The van der Waals surface area contributed by atoms with Gasteiger partial charge in [-0.05, 0) is 32.9 Å². The first kappa shape index (κ1) is 23.3. The van der Waals surface area contributed by atoms with Gasteiger partial charge in [0.2, 0.25) is 0 Å². The monoisotopic (exact) mass is 397 g/mol. The van der Waals surface area contributed by atoms with Crippen molar-refractivity contribution in [3.05, 3.63) is 39.9 Å². The predicted octanol–water partition coefficient (Wildman–Crippen LogP) is 1.88. The minimum Gasteiger partial charge on any atom is -0.444 e. The fourth-order valence-electron chi connectivity index (χ4n) is 1.93. The summed E-state index contributed by atoms with van der Waals surface area (Å²) in [5.74, 6) is -0.331. The molecule has 1 aromatic rings. The highest BCUT2D eigenvalue weighted by Gasteiger charge is 2.15. The Balaban J connectivity index is 2.01. The van der Waals surface area contributed by atoms with Crippen molar-refractivity contribution in [3.63, 3.8) is 0 Å². The van der Waals surface area contributed by atoms with Crippen LogP contribution in [0, 0.1) is 10.1 Å². The molecule has 0 saturated heterocycles. The molecule has 0 bridgehead atoms. The Morgan fingerprint density at radius 2 is 1.50 bits per heavy atom. The van der Waals surface area contributed by atoms with Gasteiger partial charge in [-0.3, -0.25) is 14.9 Å². The second-order valence-electron chi connectivity index (χ2n) is 6.71. The summed E-state index contributed by atoms with van der Waals surface area (Å²) in [6.45, 7) is 7.33. The van der Waals surface area contributed by atoms with Crippen molar-refractivity contribution in [1.82, 2.24) is 10.6 Å². The average Bonchev–Trinajstić information content (AvgIpc) is 2.61. The number of amides is 2. The van der Waals surface area contributed by atoms with Crippen LogP contribution in [0.4, 0.5) is 10.5 Å². The summed E-state index contributed by atoms with van der Waals surface area (Å²) in [5, 5.41) is 15.8. The topological polar surface area (TPSA) is 129 Å². The van der Waals surface area contributed by atoms with Crippen LogP contribution in [0.15, 0.2) is 24.3 Å². The van der Waals surface area contributed by atoms with Gasteiger partial charge in [0, 0.05) is 30.8 Å². The number of benzene rings is 1. The van der Waals surface area contributed by atoms with Crippen LogP contribution in [-0.2, 0) is 14.2 Å². The van der Waals surface area contributed by atoms with Gasteiger partial charge in [0.15, 0.2) is 0 Å². The third-order valence-corrected chi connectivity index (χ3v) is 3.16. The molecule has 0 aliphatic rings. The predicted molar refractivity (Wildman–Crippen MR) is 101 cm³/mol. The lowest BCUT2D eigenvalue weighted by atomic mass is 10.2. The molecule has 0 heterocycles. The van der Waals surface area contributed by atoms with Crippen LogP contribution in [-0.4, -0.2) is 62.0 Å². The summed E-state index contributed by atoms with van der Waals surface area (Å²) >= 11 is 0. The van der Waals surface area contributed by atoms with Crippen LogP contribution < -0.4 is 10.6 Å². The van der Waals surface area contributed by atoms with E-state index in [-0.39, 0.29) is 11.6 Å². The average molecular weight is 397 g/mol. The van der Waals surface area contributed by atoms with Crippen molar-refractivity contribution in [3.8, 4) is 0 Å². The van der Waals surface area contributed by atoms with Crippen molar-refractivity contribution < 1.29 is 28.7 Å². The maximum absolute atomic E-state index is 11.9. The first-order valence-electron chi connectivity index (χ1n) is 8.84. The largest absolute Gasteiger partial charge is 0.444 e. The Morgan fingerprint density at radius 3 is 2.00 bits per heavy atom. The van der Waals surface area contributed by atoms with E-state index in [9.17, 15) is 19.7 Å². The summed E-state index contributed by atoms with van der Waals surface area (Å²) in [4.78, 5) is 33.3. The van der Waals surface area contributed by atoms with Gasteiger partial charge in [0.1, 0.15) is 5.60 Å². The molecule has 156 valence electrons. The number of ether oxygens (including phenoxy) is 3. The molecule has 0 radical (unpaired) electrons. The molecule has 0 spiro atoms. The Hall–Kier alpha value is -2.72. The molecule has 0 aliphatic carbocycles. The summed E-state index contributed by atoms with van der Waals surface area (Å²) in [5.41, 5.74) is -0.264. The molecule has 1 rings (SSSR count). The lowest BCUT2D eigenvalue weighted by Crippen LogP contribution is -2.34. The highest BCUT2D eigenvalue weighted by atomic mass is 16.6. The SMILES string of the molecule is CC(C)(C)OC(=O)NCCOCCOCCNC(=O)c1ccc([N+](=O)[O-])cc1. The maximum atomic E-state index is 11.9. The van der Waals surface area contributed by atoms with Gasteiger partial charge in [-0.25, -0.2) is 4.79 Å². The minimum atomic E-state index is -0.535. The Kier molecular flexibility index (Phi) is 9.89. The van der Waals surface area contributed by atoms with Gasteiger partial charge < -0.3 is 24.8 Å². The number of hydrogen-bond donors (Lipinski definition) is 2. The number of carbonyl (C=O) groups is 2. The quantitative estimate of drug-likeness (QED) is 0.331. The van der Waals surface area contributed by atoms with Gasteiger partial charge >= 0.3 is 6.09 Å². The van der Waals surface area contributed by atoms with E-state index in [2.05, 4.69) is 10.6 Å². The normalized spacial score (nSPS) is 11.0. The summed E-state index contributed by atoms with van der Waals surface area (Å²) in [6, 6.07) is 5.35. The molecule has 0 fully saturated rings. The van der Waals surface area contributed by atoms with Crippen molar-refractivity contribution in [1.29, 1.82) is 0 Å². The number of rotatable bonds is 11. The van der Waals surface area contributed by atoms with Crippen LogP contribution in [0.25, 0.3) is 0 Å². The molecule has 2 N–H and O–H groups in total. The molecule has 0 saturated carbocycles. The Labute approximate surface area is 163 Å². The lowest BCUT2D eigenvalue weighted by molar-refractivity contribution is -0.384. The van der Waals surface area contributed by atoms with E-state index in [1.807, 2.05) is 0 Å². The highest BCUT2D eigenvalue weighted by molar-refractivity contribution is 5.94. The van der Waals surface area contributed by atoms with Crippen molar-refractivity contribution in [2.75, 3.05) is 39.5 Å². The maximum Gasteiger partial charge on any atom is 0.407 e. The van der Waals surface area contributed by atoms with E-state index >= 15 is 0 Å². The standard InChI is InChI=1S/C18H27N3O7/c1-18(2,3)28-17(23)20-9-11-27-13-12-26-10-8-19-16(22)14-4-6-15(7-5-14)21(24)25/h4-7H,8-13H2,1-3H3,(H,19,22)(H,20,23). The van der Waals surface area contributed by atoms with Crippen LogP contribution >= 0.6 is 0 Å². The smallest absolute Gasteiger partial charge is 0.407 e. The number of nitro benzene ring substituents is 1. The zero-order valence-electron chi connectivity index (χ0n) is 16.4. The number of carbonyl (C=O) groups excluding carboxylic acids is 2. The first-order chi connectivity index (χ1) is 13.2. The van der Waals surface area contributed by atoms with E-state index in [1.165, 1.54) is 24.3 Å². The van der Waals surface area contributed by atoms with Gasteiger partial charge in [-0.2, -0.15) is 0 Å². The molecular weight excluding hydrogens is 370 g/mol. The molecule has 10 nitrogen and oxygen atoms in total. The van der Waals surface area contributed by atoms with Crippen LogP contribution in [0.3, 0.4) is 0 Å². The Morgan fingerprint density at radius 1 is 0.964 bits per heavy atom. The highest BCUT2D eigenvalue weighted by Crippen LogP contribution is 2.11. The third-order valence-electron chi connectivity index (χ3n) is 3.16. The number of nitro groups is 1. The van der Waals surface area contributed by atoms with Gasteiger partial charge in [0.05, 0.1) is 31.4 Å². The van der Waals surface area contributed by atoms with E-state index < -0.39 is 16.6 Å². The molecular formula is C18H27N3O7. The van der Waals surface area contributed by atoms with Crippen molar-refractivity contribution in [2.24, 2.45) is 0 Å². The number of non-ortho nitro benzene ring substituents is 1. The fraction of sp³-hybridized carbons (Fsp3) is 0.556. The lowest BCUT2D eigenvalue weighted by Gasteiger charge is -2.19. The van der Waals surface area contributed by atoms with E-state index in [4.69, 9.17) is 14.2 Å². The van der Waals surface area contributed by atoms with Gasteiger partial charge in [-0.15, -0.1) is 0 Å². The zero-order valence-corrected chi connectivity index (χ0v) is 16.4. The zero-order chi connectivity index (χ0) is 21.0. The molecule has 2 amide bonds. The second-order valence-corrected chi connectivity index (χ2v) is 6.71. The number of alkyl carbamates (subject to hydrolysis) is 1. The molecule has 0 aromatic heterocycles. The van der Waals surface area contributed by atoms with E-state index in [0.29, 0.717) is 45.1 Å². The van der Waals surface area contributed by atoms with Gasteiger partial charge in [0.25, 0.3) is 11.6 Å². The second kappa shape index (κ2) is 11.9. The summed E-state index contributed by atoms with van der Waals surface area (Å²) in [6.07, 6.45) is -0.490. The van der Waals surface area contributed by atoms with Crippen LogP contribution in [0.5, 0.6) is 0 Å². The van der Waals surface area contributed by atoms with E-state index in [1.54, 1.807) is 20.8 Å². The molecule has 1 aromatic carbocycles. The number of nitrogens with zero attached hydrogens (tertiary/aromatic N) is 1. The van der Waals surface area contributed by atoms with Crippen molar-refractivity contribution in [2.45, 2.75) is 26.4 Å². The minimum absolute atomic E-state index is 0.0684. The molecule has 10 heteroatoms. The van der Waals surface area contributed by atoms with Crippen LogP contribution in [0.2, 0.25) is 0 Å². The Bertz CT molecular complexity index is 642. The number of hydrogen-bond acceptors (Lipinski definition) is 7. The summed E-state index contributed by atoms with van der Waals surface area (Å²) in [7, 11) is 0. The van der Waals surface area contributed by atoms with Crippen molar-refractivity contribution >= 4 is 17.7 Å². The van der Waals surface area contributed by atoms with Crippen LogP contribution in [0.1, 0.15) is 31.1 Å². The first-order valence-corrected chi connectivity index (χ1v) is 8.84. The van der Waals surface area contributed by atoms with Gasteiger partial charge in [-0.1, -0.05) is 0 Å². The molecule has 28 heavy (non-hydrogen) atoms. The molecule has 0 atom stereocenters. The number of nitrogens with one attached hydrogen (secondary N) is 2. The molecule has 0 unspecified atom stereocenters. The summed E-state index contributed by atoms with van der Waals surface area (Å²) < 4.78 is 15.7. The third kappa shape index (κ3) is 10.4. The molecule has 0 aliphatic heterocycles. The fourth-order valence-corrected chi connectivity index (χ4v) is 1.93.